The topological polar surface area (TPSA) is 0 Å². The van der Waals surface area contributed by atoms with E-state index in [-0.39, 0.29) is 0 Å². The Hall–Kier alpha value is -0.700. The molecule has 0 aromatic heterocycles. The summed E-state index contributed by atoms with van der Waals surface area (Å²) in [5.41, 5.74) is 0.488. The molecular weight excluding hydrogens is 108 g/mol. The molecule has 2 aliphatic carbocycles. The standard InChI is InChI=1S/C9H10/c1-3-6-9(2)7-4-5-8(7)9/h3,7-8H,1,6H2,2H3. The fourth-order valence-electron chi connectivity index (χ4n) is 1.71. The molecule has 0 radical (unpaired) electrons. The quantitative estimate of drug-likeness (QED) is 0.383. The second-order valence-corrected chi connectivity index (χ2v) is 3.24. The summed E-state index contributed by atoms with van der Waals surface area (Å²) in [7, 11) is 0. The van der Waals surface area contributed by atoms with Gasteiger partial charge in [0, 0.05) is 17.3 Å². The molecule has 2 unspecified atom stereocenters. The van der Waals surface area contributed by atoms with Crippen molar-refractivity contribution >= 4 is 0 Å². The minimum atomic E-state index is 0.488. The van der Waals surface area contributed by atoms with Gasteiger partial charge in [-0.05, 0) is 6.42 Å². The van der Waals surface area contributed by atoms with Gasteiger partial charge >= 0.3 is 0 Å². The molecule has 0 nitrogen and oxygen atoms in total. The van der Waals surface area contributed by atoms with Gasteiger partial charge in [-0.3, -0.25) is 0 Å². The van der Waals surface area contributed by atoms with E-state index in [0.29, 0.717) is 5.41 Å². The summed E-state index contributed by atoms with van der Waals surface area (Å²) < 4.78 is 0. The maximum atomic E-state index is 3.73. The van der Waals surface area contributed by atoms with Crippen LogP contribution in [0.2, 0.25) is 0 Å². The number of rotatable bonds is 2. The minimum absolute atomic E-state index is 0.488. The second kappa shape index (κ2) is 1.24. The lowest BCUT2D eigenvalue weighted by Crippen LogP contribution is -1.93. The summed E-state index contributed by atoms with van der Waals surface area (Å²) in [4.78, 5) is 0. The van der Waals surface area contributed by atoms with Crippen LogP contribution in [0, 0.1) is 29.1 Å². The van der Waals surface area contributed by atoms with E-state index in [4.69, 9.17) is 0 Å². The fourth-order valence-corrected chi connectivity index (χ4v) is 1.71. The number of fused-ring (bicyclic) bond motifs is 1. The number of hydrogen-bond donors (Lipinski definition) is 0. The monoisotopic (exact) mass is 118 g/mol. The molecular formula is C9H10. The largest absolute Gasteiger partial charge is 0.103 e. The Morgan fingerprint density at radius 2 is 2.11 bits per heavy atom. The molecule has 0 amide bonds. The van der Waals surface area contributed by atoms with Crippen molar-refractivity contribution in [2.45, 2.75) is 13.3 Å². The molecule has 0 spiro atoms. The highest BCUT2D eigenvalue weighted by Crippen LogP contribution is 2.64. The Morgan fingerprint density at radius 3 is 2.44 bits per heavy atom. The van der Waals surface area contributed by atoms with Crippen molar-refractivity contribution in [2.24, 2.45) is 17.3 Å². The molecule has 0 N–H and O–H groups in total. The van der Waals surface area contributed by atoms with Crippen LogP contribution in [0.25, 0.3) is 0 Å². The molecule has 0 bridgehead atoms. The van der Waals surface area contributed by atoms with Gasteiger partial charge in [-0.25, -0.2) is 0 Å². The molecule has 1 saturated carbocycles. The third-order valence-corrected chi connectivity index (χ3v) is 2.62. The van der Waals surface area contributed by atoms with Crippen LogP contribution >= 0.6 is 0 Å². The van der Waals surface area contributed by atoms with Crippen LogP contribution in [0.1, 0.15) is 13.3 Å². The summed E-state index contributed by atoms with van der Waals surface area (Å²) in [6.45, 7) is 6.02. The average Bonchev–Trinajstić information content (AvgIpc) is 1.97. The van der Waals surface area contributed by atoms with Crippen molar-refractivity contribution in [1.82, 2.24) is 0 Å². The predicted molar refractivity (Wildman–Crippen MR) is 37.7 cm³/mol. The van der Waals surface area contributed by atoms with Crippen LogP contribution in [0.4, 0.5) is 0 Å². The zero-order chi connectivity index (χ0) is 6.48. The van der Waals surface area contributed by atoms with Crippen molar-refractivity contribution in [1.29, 1.82) is 0 Å². The van der Waals surface area contributed by atoms with Gasteiger partial charge in [0.2, 0.25) is 0 Å². The molecule has 46 valence electrons. The average molecular weight is 118 g/mol. The molecule has 0 heterocycles. The van der Waals surface area contributed by atoms with E-state index in [2.05, 4.69) is 25.3 Å². The van der Waals surface area contributed by atoms with Crippen LogP contribution in [0.15, 0.2) is 12.7 Å². The van der Waals surface area contributed by atoms with E-state index < -0.39 is 0 Å². The van der Waals surface area contributed by atoms with Gasteiger partial charge in [0.05, 0.1) is 0 Å². The first-order chi connectivity index (χ1) is 4.29. The zero-order valence-corrected chi connectivity index (χ0v) is 5.65. The smallest absolute Gasteiger partial charge is 0.0415 e. The van der Waals surface area contributed by atoms with Gasteiger partial charge in [-0.15, -0.1) is 6.58 Å². The highest BCUT2D eigenvalue weighted by Gasteiger charge is 2.62. The molecule has 9 heavy (non-hydrogen) atoms. The zero-order valence-electron chi connectivity index (χ0n) is 5.65. The van der Waals surface area contributed by atoms with Crippen molar-refractivity contribution in [3.63, 3.8) is 0 Å². The first-order valence-corrected chi connectivity index (χ1v) is 3.41. The Kier molecular flexibility index (Phi) is 0.703. The van der Waals surface area contributed by atoms with Gasteiger partial charge in [0.1, 0.15) is 0 Å². The van der Waals surface area contributed by atoms with Crippen molar-refractivity contribution in [3.05, 3.63) is 12.7 Å². The Bertz CT molecular complexity index is 200. The summed E-state index contributed by atoms with van der Waals surface area (Å²) in [5.74, 6) is 7.78. The van der Waals surface area contributed by atoms with E-state index >= 15 is 0 Å². The van der Waals surface area contributed by atoms with E-state index in [1.807, 2.05) is 6.08 Å². The molecule has 0 aromatic rings. The maximum Gasteiger partial charge on any atom is 0.0415 e. The minimum Gasteiger partial charge on any atom is -0.103 e. The molecule has 2 atom stereocenters. The molecule has 0 aliphatic heterocycles. The van der Waals surface area contributed by atoms with Crippen molar-refractivity contribution < 1.29 is 0 Å². The molecule has 0 aromatic carbocycles. The van der Waals surface area contributed by atoms with Gasteiger partial charge in [0.15, 0.2) is 0 Å². The third kappa shape index (κ3) is 0.412. The predicted octanol–water partition coefficient (Wildman–Crippen LogP) is 1.83. The highest BCUT2D eigenvalue weighted by molar-refractivity contribution is 5.41. The SMILES string of the molecule is C=CCC1(C)C2C#CC21. The normalized spacial score (nSPS) is 49.9. The van der Waals surface area contributed by atoms with Crippen LogP contribution in [0.5, 0.6) is 0 Å². The summed E-state index contributed by atoms with van der Waals surface area (Å²) in [6, 6.07) is 0. The third-order valence-electron chi connectivity index (χ3n) is 2.62. The van der Waals surface area contributed by atoms with Gasteiger partial charge in [-0.2, -0.15) is 0 Å². The van der Waals surface area contributed by atoms with Gasteiger partial charge in [0.25, 0.3) is 0 Å². The highest BCUT2D eigenvalue weighted by atomic mass is 14.6. The van der Waals surface area contributed by atoms with Gasteiger partial charge in [-0.1, -0.05) is 24.8 Å². The fraction of sp³-hybridized carbons (Fsp3) is 0.556. The van der Waals surface area contributed by atoms with Crippen LogP contribution in [-0.4, -0.2) is 0 Å². The Labute approximate surface area is 56.0 Å². The summed E-state index contributed by atoms with van der Waals surface area (Å²) in [5, 5.41) is 0. The number of hydrogen-bond acceptors (Lipinski definition) is 0. The maximum absolute atomic E-state index is 3.73. The molecule has 2 rings (SSSR count). The number of allylic oxidation sites excluding steroid dienone is 1. The Morgan fingerprint density at radius 1 is 1.56 bits per heavy atom. The molecule has 2 aliphatic rings. The van der Waals surface area contributed by atoms with Crippen LogP contribution in [0.3, 0.4) is 0 Å². The molecule has 1 fully saturated rings. The first-order valence-electron chi connectivity index (χ1n) is 3.41. The summed E-state index contributed by atoms with van der Waals surface area (Å²) in [6.07, 6.45) is 3.13. The van der Waals surface area contributed by atoms with E-state index in [0.717, 1.165) is 18.3 Å². The van der Waals surface area contributed by atoms with Crippen LogP contribution < -0.4 is 0 Å². The van der Waals surface area contributed by atoms with E-state index in [1.54, 1.807) is 0 Å². The van der Waals surface area contributed by atoms with E-state index in [1.165, 1.54) is 0 Å². The van der Waals surface area contributed by atoms with Crippen LogP contribution in [-0.2, 0) is 0 Å². The lowest BCUT2D eigenvalue weighted by atomic mass is 10.0. The lowest BCUT2D eigenvalue weighted by molar-refractivity contribution is 0.543. The van der Waals surface area contributed by atoms with E-state index in [9.17, 15) is 0 Å². The second-order valence-electron chi connectivity index (χ2n) is 3.24. The lowest BCUT2D eigenvalue weighted by Gasteiger charge is -2.00. The Balaban J connectivity index is 2.07. The molecule has 0 heteroatoms. The van der Waals surface area contributed by atoms with Gasteiger partial charge < -0.3 is 0 Å². The first kappa shape index (κ1) is 5.11. The van der Waals surface area contributed by atoms with Crippen molar-refractivity contribution in [2.75, 3.05) is 0 Å². The summed E-state index contributed by atoms with van der Waals surface area (Å²) >= 11 is 0. The molecule has 0 saturated heterocycles. The van der Waals surface area contributed by atoms with Crippen molar-refractivity contribution in [3.8, 4) is 11.8 Å².